The standard InChI is InChI=1S/C40H62N4O2/c1-3-7-27(8-4-1)29-11-19-33(20-12-29)37-41-43-39(45-37)35-23-15-31(16-24-35)32-17-25-36(26-18-32)40-44-42-38(46-40)34-21-13-30(14-22-34)28-9-5-2-6-10-28/h27-36H,1-26H2. The lowest BCUT2D eigenvalue weighted by Crippen LogP contribution is -2.25. The van der Waals surface area contributed by atoms with Gasteiger partial charge in [0.2, 0.25) is 23.6 Å². The van der Waals surface area contributed by atoms with E-state index in [0.29, 0.717) is 23.7 Å². The van der Waals surface area contributed by atoms with E-state index in [9.17, 15) is 0 Å². The maximum Gasteiger partial charge on any atom is 0.219 e. The highest BCUT2D eigenvalue weighted by atomic mass is 16.4. The molecule has 0 bridgehead atoms. The number of nitrogens with zero attached hydrogens (tertiary/aromatic N) is 4. The molecule has 6 aliphatic carbocycles. The van der Waals surface area contributed by atoms with Crippen LogP contribution in [0.25, 0.3) is 0 Å². The van der Waals surface area contributed by atoms with Crippen molar-refractivity contribution in [2.24, 2.45) is 35.5 Å². The van der Waals surface area contributed by atoms with Gasteiger partial charge in [-0.05, 0) is 138 Å². The van der Waals surface area contributed by atoms with E-state index < -0.39 is 0 Å². The minimum Gasteiger partial charge on any atom is -0.425 e. The van der Waals surface area contributed by atoms with Crippen LogP contribution in [0.15, 0.2) is 8.83 Å². The minimum atomic E-state index is 0.474. The molecule has 2 aromatic heterocycles. The molecule has 0 N–H and O–H groups in total. The molecule has 0 aliphatic heterocycles. The first-order valence-electron chi connectivity index (χ1n) is 20.4. The Labute approximate surface area is 278 Å². The molecule has 0 amide bonds. The van der Waals surface area contributed by atoms with Crippen molar-refractivity contribution < 1.29 is 8.83 Å². The molecule has 46 heavy (non-hydrogen) atoms. The molecular formula is C40H62N4O2. The zero-order valence-corrected chi connectivity index (χ0v) is 28.8. The van der Waals surface area contributed by atoms with Crippen LogP contribution in [0.3, 0.4) is 0 Å². The number of aromatic nitrogens is 4. The number of hydrogen-bond donors (Lipinski definition) is 0. The zero-order chi connectivity index (χ0) is 30.7. The summed E-state index contributed by atoms with van der Waals surface area (Å²) in [6.07, 6.45) is 35.3. The quantitative estimate of drug-likeness (QED) is 0.303. The first-order valence-corrected chi connectivity index (χ1v) is 20.4. The van der Waals surface area contributed by atoms with E-state index in [4.69, 9.17) is 8.83 Å². The van der Waals surface area contributed by atoms with Crippen LogP contribution < -0.4 is 0 Å². The van der Waals surface area contributed by atoms with E-state index in [2.05, 4.69) is 20.4 Å². The van der Waals surface area contributed by atoms with E-state index in [-0.39, 0.29) is 0 Å². The van der Waals surface area contributed by atoms with Crippen molar-refractivity contribution in [2.75, 3.05) is 0 Å². The van der Waals surface area contributed by atoms with Crippen molar-refractivity contribution in [1.82, 2.24) is 20.4 Å². The minimum absolute atomic E-state index is 0.474. The molecule has 6 nitrogen and oxygen atoms in total. The molecule has 0 radical (unpaired) electrons. The Morgan fingerprint density at radius 1 is 0.261 bits per heavy atom. The lowest BCUT2D eigenvalue weighted by Gasteiger charge is -2.36. The molecule has 0 aromatic carbocycles. The molecule has 0 saturated heterocycles. The van der Waals surface area contributed by atoms with E-state index in [0.717, 1.165) is 59.1 Å². The van der Waals surface area contributed by atoms with Crippen molar-refractivity contribution in [3.63, 3.8) is 0 Å². The molecule has 2 heterocycles. The fourth-order valence-corrected chi connectivity index (χ4v) is 11.7. The van der Waals surface area contributed by atoms with Crippen LogP contribution in [0.2, 0.25) is 0 Å². The molecule has 0 atom stereocenters. The first-order chi connectivity index (χ1) is 22.8. The van der Waals surface area contributed by atoms with Gasteiger partial charge in [0.05, 0.1) is 0 Å². The predicted octanol–water partition coefficient (Wildman–Crippen LogP) is 11.4. The van der Waals surface area contributed by atoms with Gasteiger partial charge in [0, 0.05) is 23.7 Å². The van der Waals surface area contributed by atoms with Crippen molar-refractivity contribution in [1.29, 1.82) is 0 Å². The Morgan fingerprint density at radius 3 is 0.717 bits per heavy atom. The first kappa shape index (κ1) is 31.5. The maximum absolute atomic E-state index is 6.42. The Bertz CT molecular complexity index is 1100. The fourth-order valence-electron chi connectivity index (χ4n) is 11.7. The smallest absolute Gasteiger partial charge is 0.219 e. The maximum atomic E-state index is 6.42. The molecule has 0 spiro atoms. The van der Waals surface area contributed by atoms with Crippen LogP contribution in [-0.4, -0.2) is 20.4 Å². The highest BCUT2D eigenvalue weighted by molar-refractivity contribution is 5.02. The van der Waals surface area contributed by atoms with Gasteiger partial charge in [-0.3, -0.25) is 0 Å². The molecule has 6 saturated carbocycles. The average molecular weight is 631 g/mol. The summed E-state index contributed by atoms with van der Waals surface area (Å²) in [5, 5.41) is 18.5. The summed E-state index contributed by atoms with van der Waals surface area (Å²) >= 11 is 0. The number of rotatable bonds is 7. The molecule has 6 aliphatic rings. The summed E-state index contributed by atoms with van der Waals surface area (Å²) in [4.78, 5) is 0. The van der Waals surface area contributed by atoms with E-state index in [1.165, 1.54) is 167 Å². The highest BCUT2D eigenvalue weighted by Gasteiger charge is 2.37. The van der Waals surface area contributed by atoms with Gasteiger partial charge in [-0.25, -0.2) is 0 Å². The van der Waals surface area contributed by atoms with Crippen LogP contribution in [0.1, 0.15) is 214 Å². The van der Waals surface area contributed by atoms with Gasteiger partial charge in [0.1, 0.15) is 0 Å². The molecular weight excluding hydrogens is 568 g/mol. The molecule has 6 heteroatoms. The lowest BCUT2D eigenvalue weighted by molar-refractivity contribution is 0.159. The summed E-state index contributed by atoms with van der Waals surface area (Å²) in [5.74, 6) is 11.4. The van der Waals surface area contributed by atoms with Crippen LogP contribution >= 0.6 is 0 Å². The van der Waals surface area contributed by atoms with Crippen molar-refractivity contribution in [2.45, 2.75) is 191 Å². The van der Waals surface area contributed by atoms with Gasteiger partial charge >= 0.3 is 0 Å². The van der Waals surface area contributed by atoms with Gasteiger partial charge in [0.15, 0.2) is 0 Å². The van der Waals surface area contributed by atoms with Gasteiger partial charge in [-0.15, -0.1) is 20.4 Å². The normalized spacial score (nSPS) is 37.3. The predicted molar refractivity (Wildman–Crippen MR) is 181 cm³/mol. The summed E-state index contributed by atoms with van der Waals surface area (Å²) < 4.78 is 12.8. The third-order valence-electron chi connectivity index (χ3n) is 14.7. The topological polar surface area (TPSA) is 77.8 Å². The third kappa shape index (κ3) is 7.16. The van der Waals surface area contributed by atoms with Gasteiger partial charge in [-0.2, -0.15) is 0 Å². The average Bonchev–Trinajstić information content (AvgIpc) is 3.84. The monoisotopic (exact) mass is 630 g/mol. The molecule has 6 fully saturated rings. The van der Waals surface area contributed by atoms with Crippen LogP contribution in [0.5, 0.6) is 0 Å². The van der Waals surface area contributed by atoms with Gasteiger partial charge < -0.3 is 8.83 Å². The summed E-state index contributed by atoms with van der Waals surface area (Å²) in [6, 6.07) is 0. The Kier molecular flexibility index (Phi) is 10.2. The summed E-state index contributed by atoms with van der Waals surface area (Å²) in [6.45, 7) is 0. The summed E-state index contributed by atoms with van der Waals surface area (Å²) in [5.41, 5.74) is 0. The van der Waals surface area contributed by atoms with Gasteiger partial charge in [0.25, 0.3) is 0 Å². The Hall–Kier alpha value is -1.72. The Morgan fingerprint density at radius 2 is 0.478 bits per heavy atom. The number of hydrogen-bond acceptors (Lipinski definition) is 6. The zero-order valence-electron chi connectivity index (χ0n) is 28.8. The van der Waals surface area contributed by atoms with Crippen LogP contribution in [-0.2, 0) is 0 Å². The highest BCUT2D eigenvalue weighted by Crippen LogP contribution is 2.48. The van der Waals surface area contributed by atoms with E-state index in [1.807, 2.05) is 0 Å². The second kappa shape index (κ2) is 14.8. The van der Waals surface area contributed by atoms with Crippen LogP contribution in [0.4, 0.5) is 0 Å². The second-order valence-corrected chi connectivity index (χ2v) is 17.2. The molecule has 254 valence electrons. The van der Waals surface area contributed by atoms with Crippen molar-refractivity contribution in [3.05, 3.63) is 23.6 Å². The molecule has 0 unspecified atom stereocenters. The Balaban J connectivity index is 0.759. The van der Waals surface area contributed by atoms with Crippen molar-refractivity contribution >= 4 is 0 Å². The van der Waals surface area contributed by atoms with Gasteiger partial charge in [-0.1, -0.05) is 64.2 Å². The van der Waals surface area contributed by atoms with Crippen molar-refractivity contribution in [3.8, 4) is 0 Å². The molecule has 8 rings (SSSR count). The van der Waals surface area contributed by atoms with E-state index >= 15 is 0 Å². The second-order valence-electron chi connectivity index (χ2n) is 17.2. The SMILES string of the molecule is C1CCC(C2CCC(c3nnc(C4CCC(C5CCC(c6nnc(C7CCC(C8CCCCC8)CC7)o6)CC5)CC4)o3)CC2)CC1. The lowest BCUT2D eigenvalue weighted by atomic mass is 9.69. The fraction of sp³-hybridized carbons (Fsp3) is 0.900. The molecule has 2 aromatic rings. The third-order valence-corrected chi connectivity index (χ3v) is 14.7. The summed E-state index contributed by atoms with van der Waals surface area (Å²) in [7, 11) is 0. The van der Waals surface area contributed by atoms with Crippen LogP contribution in [0, 0.1) is 35.5 Å². The largest absolute Gasteiger partial charge is 0.425 e. The van der Waals surface area contributed by atoms with E-state index in [1.54, 1.807) is 0 Å².